The zero-order chi connectivity index (χ0) is 16.1. The van der Waals surface area contributed by atoms with Crippen LogP contribution in [0.25, 0.3) is 12.2 Å². The molecule has 1 aromatic heterocycles. The molecule has 0 saturated heterocycles. The highest BCUT2D eigenvalue weighted by Crippen LogP contribution is 2.24. The van der Waals surface area contributed by atoms with E-state index in [1.165, 1.54) is 26.4 Å². The van der Waals surface area contributed by atoms with Crippen LogP contribution in [0.15, 0.2) is 33.9 Å². The second-order valence-electron chi connectivity index (χ2n) is 4.29. The standard InChI is InChI=1S/C15H14N2O5/c1-21-11-5-3-4-9(13(11)14(19)22-2)6-7-10-8-12(18)17-15(20)16-10/h3-8H,1-2H3,(H2,16,17,18,20). The molecule has 0 unspecified atom stereocenters. The number of ether oxygens (including phenoxy) is 2. The number of carbonyl (C=O) groups excluding carboxylic acids is 1. The Morgan fingerprint density at radius 1 is 1.14 bits per heavy atom. The minimum Gasteiger partial charge on any atom is -0.496 e. The first kappa shape index (κ1) is 15.3. The van der Waals surface area contributed by atoms with Gasteiger partial charge in [0, 0.05) is 11.8 Å². The van der Waals surface area contributed by atoms with Gasteiger partial charge in [0.1, 0.15) is 11.3 Å². The summed E-state index contributed by atoms with van der Waals surface area (Å²) in [5.74, 6) is -0.176. The highest BCUT2D eigenvalue weighted by atomic mass is 16.5. The van der Waals surface area contributed by atoms with Gasteiger partial charge in [-0.05, 0) is 17.7 Å². The van der Waals surface area contributed by atoms with Crippen molar-refractivity contribution in [3.05, 3.63) is 61.9 Å². The molecule has 0 radical (unpaired) electrons. The Labute approximate surface area is 125 Å². The molecule has 2 rings (SSSR count). The molecule has 7 nitrogen and oxygen atoms in total. The summed E-state index contributed by atoms with van der Waals surface area (Å²) in [6.07, 6.45) is 3.09. The highest BCUT2D eigenvalue weighted by Gasteiger charge is 2.16. The van der Waals surface area contributed by atoms with Crippen molar-refractivity contribution < 1.29 is 14.3 Å². The molecular weight excluding hydrogens is 288 g/mol. The summed E-state index contributed by atoms with van der Waals surface area (Å²) >= 11 is 0. The van der Waals surface area contributed by atoms with Crippen molar-refractivity contribution in [3.8, 4) is 5.75 Å². The van der Waals surface area contributed by atoms with Crippen molar-refractivity contribution in [2.75, 3.05) is 14.2 Å². The lowest BCUT2D eigenvalue weighted by molar-refractivity contribution is 0.0597. The number of benzene rings is 1. The maximum absolute atomic E-state index is 11.9. The fourth-order valence-corrected chi connectivity index (χ4v) is 1.93. The largest absolute Gasteiger partial charge is 0.496 e. The smallest absolute Gasteiger partial charge is 0.342 e. The number of methoxy groups -OCH3 is 2. The molecule has 0 spiro atoms. The summed E-state index contributed by atoms with van der Waals surface area (Å²) in [6.45, 7) is 0. The Kier molecular flexibility index (Phi) is 4.57. The van der Waals surface area contributed by atoms with E-state index in [9.17, 15) is 14.4 Å². The van der Waals surface area contributed by atoms with E-state index in [1.807, 2.05) is 0 Å². The van der Waals surface area contributed by atoms with Gasteiger partial charge in [-0.25, -0.2) is 9.59 Å². The van der Waals surface area contributed by atoms with Crippen LogP contribution in [-0.2, 0) is 4.74 Å². The molecule has 2 aromatic rings. The van der Waals surface area contributed by atoms with Crippen molar-refractivity contribution in [1.29, 1.82) is 0 Å². The Morgan fingerprint density at radius 2 is 1.91 bits per heavy atom. The summed E-state index contributed by atoms with van der Waals surface area (Å²) in [7, 11) is 2.72. The molecule has 22 heavy (non-hydrogen) atoms. The first-order chi connectivity index (χ1) is 10.5. The number of esters is 1. The van der Waals surface area contributed by atoms with Crippen molar-refractivity contribution in [2.45, 2.75) is 0 Å². The van der Waals surface area contributed by atoms with Crippen LogP contribution in [0.2, 0.25) is 0 Å². The van der Waals surface area contributed by atoms with Gasteiger partial charge in [-0.15, -0.1) is 0 Å². The van der Waals surface area contributed by atoms with Crippen LogP contribution in [0, 0.1) is 0 Å². The number of aromatic nitrogens is 2. The van der Waals surface area contributed by atoms with Gasteiger partial charge in [0.15, 0.2) is 0 Å². The first-order valence-corrected chi connectivity index (χ1v) is 6.32. The van der Waals surface area contributed by atoms with Gasteiger partial charge in [-0.3, -0.25) is 9.78 Å². The minimum atomic E-state index is -0.606. The number of aromatic amines is 2. The number of carbonyl (C=O) groups is 1. The van der Waals surface area contributed by atoms with Crippen molar-refractivity contribution in [1.82, 2.24) is 9.97 Å². The maximum Gasteiger partial charge on any atom is 0.342 e. The molecule has 0 saturated carbocycles. The Morgan fingerprint density at radius 3 is 2.55 bits per heavy atom. The van der Waals surface area contributed by atoms with E-state index in [0.717, 1.165) is 0 Å². The van der Waals surface area contributed by atoms with Gasteiger partial charge < -0.3 is 14.5 Å². The maximum atomic E-state index is 11.9. The molecule has 2 N–H and O–H groups in total. The van der Waals surface area contributed by atoms with E-state index in [0.29, 0.717) is 17.0 Å². The predicted molar refractivity (Wildman–Crippen MR) is 80.9 cm³/mol. The fraction of sp³-hybridized carbons (Fsp3) is 0.133. The van der Waals surface area contributed by atoms with Crippen LogP contribution in [0.1, 0.15) is 21.6 Å². The summed E-state index contributed by atoms with van der Waals surface area (Å²) in [4.78, 5) is 38.9. The fourth-order valence-electron chi connectivity index (χ4n) is 1.93. The van der Waals surface area contributed by atoms with Crippen LogP contribution in [0.5, 0.6) is 5.75 Å². The van der Waals surface area contributed by atoms with E-state index in [2.05, 4.69) is 9.97 Å². The number of hydrogen-bond donors (Lipinski definition) is 2. The van der Waals surface area contributed by atoms with Gasteiger partial charge >= 0.3 is 11.7 Å². The molecule has 114 valence electrons. The van der Waals surface area contributed by atoms with Gasteiger partial charge in [-0.2, -0.15) is 0 Å². The lowest BCUT2D eigenvalue weighted by atomic mass is 10.1. The lowest BCUT2D eigenvalue weighted by Crippen LogP contribution is -2.21. The third-order valence-corrected chi connectivity index (χ3v) is 2.89. The lowest BCUT2D eigenvalue weighted by Gasteiger charge is -2.09. The molecule has 0 aliphatic carbocycles. The third-order valence-electron chi connectivity index (χ3n) is 2.89. The molecule has 0 amide bonds. The monoisotopic (exact) mass is 302 g/mol. The Bertz CT molecular complexity index is 804. The van der Waals surface area contributed by atoms with Crippen LogP contribution < -0.4 is 16.0 Å². The van der Waals surface area contributed by atoms with E-state index in [1.54, 1.807) is 24.3 Å². The van der Waals surface area contributed by atoms with Crippen molar-refractivity contribution in [2.24, 2.45) is 0 Å². The van der Waals surface area contributed by atoms with Crippen LogP contribution >= 0.6 is 0 Å². The SMILES string of the molecule is COC(=O)c1c(C=Cc2cc(=O)[nH]c(=O)[nH]2)cccc1OC. The summed E-state index contributed by atoms with van der Waals surface area (Å²) in [5.41, 5.74) is -0.0103. The number of H-pyrrole nitrogens is 2. The topological polar surface area (TPSA) is 101 Å². The number of hydrogen-bond acceptors (Lipinski definition) is 5. The molecule has 7 heteroatoms. The van der Waals surface area contributed by atoms with Crippen LogP contribution in [-0.4, -0.2) is 30.2 Å². The molecule has 1 heterocycles. The minimum absolute atomic E-state index is 0.260. The molecule has 0 atom stereocenters. The second-order valence-corrected chi connectivity index (χ2v) is 4.29. The molecule has 0 aliphatic heterocycles. The van der Waals surface area contributed by atoms with Gasteiger partial charge in [0.05, 0.1) is 14.2 Å². The average molecular weight is 302 g/mol. The van der Waals surface area contributed by atoms with E-state index in [-0.39, 0.29) is 5.56 Å². The zero-order valence-corrected chi connectivity index (χ0v) is 12.0. The van der Waals surface area contributed by atoms with Gasteiger partial charge in [0.25, 0.3) is 5.56 Å². The third kappa shape index (κ3) is 3.32. The number of rotatable bonds is 4. The molecular formula is C15H14N2O5. The average Bonchev–Trinajstić information content (AvgIpc) is 2.50. The Balaban J connectivity index is 2.48. The molecule has 1 aromatic carbocycles. The predicted octanol–water partition coefficient (Wildman–Crippen LogP) is 1.03. The van der Waals surface area contributed by atoms with Crippen molar-refractivity contribution in [3.63, 3.8) is 0 Å². The normalized spacial score (nSPS) is 10.6. The van der Waals surface area contributed by atoms with Crippen LogP contribution in [0.4, 0.5) is 0 Å². The van der Waals surface area contributed by atoms with E-state index in [4.69, 9.17) is 9.47 Å². The van der Waals surface area contributed by atoms with E-state index < -0.39 is 17.2 Å². The first-order valence-electron chi connectivity index (χ1n) is 6.32. The molecule has 0 bridgehead atoms. The van der Waals surface area contributed by atoms with Gasteiger partial charge in [0.2, 0.25) is 0 Å². The summed E-state index contributed by atoms with van der Waals surface area (Å²) in [5, 5.41) is 0. The van der Waals surface area contributed by atoms with Crippen LogP contribution in [0.3, 0.4) is 0 Å². The summed E-state index contributed by atoms with van der Waals surface area (Å²) in [6, 6.07) is 6.27. The second kappa shape index (κ2) is 6.57. The highest BCUT2D eigenvalue weighted by molar-refractivity contribution is 5.97. The molecule has 0 aliphatic rings. The van der Waals surface area contributed by atoms with Gasteiger partial charge in [-0.1, -0.05) is 18.2 Å². The summed E-state index contributed by atoms with van der Waals surface area (Å²) < 4.78 is 9.90. The number of nitrogens with one attached hydrogen (secondary N) is 2. The van der Waals surface area contributed by atoms with Crippen molar-refractivity contribution >= 4 is 18.1 Å². The zero-order valence-electron chi connectivity index (χ0n) is 12.0. The quantitative estimate of drug-likeness (QED) is 0.821. The Hall–Kier alpha value is -3.09. The molecule has 0 fully saturated rings. The van der Waals surface area contributed by atoms with E-state index >= 15 is 0 Å².